The second-order valence-corrected chi connectivity index (χ2v) is 6.09. The summed E-state index contributed by atoms with van der Waals surface area (Å²) in [7, 11) is 0. The Morgan fingerprint density at radius 2 is 1.83 bits per heavy atom. The van der Waals surface area contributed by atoms with E-state index in [2.05, 4.69) is 15.3 Å². The summed E-state index contributed by atoms with van der Waals surface area (Å²) in [5.41, 5.74) is -2.33. The number of hydrogen-bond donors (Lipinski definition) is 2. The Bertz CT molecular complexity index is 615. The van der Waals surface area contributed by atoms with Gasteiger partial charge >= 0.3 is 17.6 Å². The van der Waals surface area contributed by atoms with Crippen molar-refractivity contribution in [3.05, 3.63) is 21.0 Å². The number of alkyl halides is 3. The normalized spacial score (nSPS) is 19.3. The van der Waals surface area contributed by atoms with Crippen LogP contribution < -0.4 is 16.7 Å². The molecule has 0 unspecified atom stereocenters. The van der Waals surface area contributed by atoms with Gasteiger partial charge < -0.3 is 5.32 Å². The van der Waals surface area contributed by atoms with E-state index in [4.69, 9.17) is 0 Å². The molecule has 0 saturated heterocycles. The predicted octanol–water partition coefficient (Wildman–Crippen LogP) is 2.44. The third-order valence-corrected chi connectivity index (χ3v) is 4.44. The van der Waals surface area contributed by atoms with Crippen LogP contribution in [0.4, 0.5) is 19.1 Å². The minimum absolute atomic E-state index is 0.0197. The van der Waals surface area contributed by atoms with Crippen molar-refractivity contribution in [3.8, 4) is 0 Å². The molecule has 0 bridgehead atoms. The van der Waals surface area contributed by atoms with Crippen LogP contribution in [0, 0.1) is 5.92 Å². The molecule has 1 saturated carbocycles. The SMILES string of the molecule is C[C@H](Nc1nc(=O)n([C@@H](C)C(F)(F)F)c(=O)[nH]1)C1CCCCC1. The van der Waals surface area contributed by atoms with Crippen molar-refractivity contribution >= 4 is 5.95 Å². The monoisotopic (exact) mass is 334 g/mol. The molecule has 2 rings (SSSR count). The van der Waals surface area contributed by atoms with E-state index >= 15 is 0 Å². The van der Waals surface area contributed by atoms with Gasteiger partial charge in [-0.05, 0) is 32.6 Å². The van der Waals surface area contributed by atoms with Crippen LogP contribution in [-0.4, -0.2) is 26.8 Å². The molecule has 1 fully saturated rings. The molecule has 9 heteroatoms. The molecule has 130 valence electrons. The third-order valence-electron chi connectivity index (χ3n) is 4.44. The molecule has 6 nitrogen and oxygen atoms in total. The number of nitrogens with zero attached hydrogens (tertiary/aromatic N) is 2. The number of hydrogen-bond acceptors (Lipinski definition) is 4. The van der Waals surface area contributed by atoms with Crippen LogP contribution in [0.15, 0.2) is 9.59 Å². The summed E-state index contributed by atoms with van der Waals surface area (Å²) in [5.74, 6) is 0.314. The number of aromatic amines is 1. The van der Waals surface area contributed by atoms with Gasteiger partial charge in [0.15, 0.2) is 0 Å². The number of halogens is 3. The number of nitrogens with one attached hydrogen (secondary N) is 2. The maximum Gasteiger partial charge on any atom is 0.409 e. The fourth-order valence-corrected chi connectivity index (χ4v) is 2.95. The van der Waals surface area contributed by atoms with Crippen LogP contribution in [0.5, 0.6) is 0 Å². The summed E-state index contributed by atoms with van der Waals surface area (Å²) in [6.45, 7) is 2.66. The van der Waals surface area contributed by atoms with Crippen LogP contribution in [0.2, 0.25) is 0 Å². The zero-order valence-electron chi connectivity index (χ0n) is 13.1. The molecule has 1 aliphatic rings. The van der Waals surface area contributed by atoms with Crippen LogP contribution >= 0.6 is 0 Å². The standard InChI is InChI=1S/C14H21F3N4O2/c1-8(10-6-4-3-5-7-10)18-11-19-12(22)21(13(23)20-11)9(2)14(15,16)17/h8-10H,3-7H2,1-2H3,(H2,18,19,20,22,23)/t8-,9-/m0/s1. The van der Waals surface area contributed by atoms with E-state index in [9.17, 15) is 22.8 Å². The van der Waals surface area contributed by atoms with E-state index in [1.165, 1.54) is 6.42 Å². The van der Waals surface area contributed by atoms with E-state index in [-0.39, 0.29) is 16.6 Å². The van der Waals surface area contributed by atoms with Gasteiger partial charge in [0.05, 0.1) is 0 Å². The highest BCUT2D eigenvalue weighted by molar-refractivity contribution is 5.23. The van der Waals surface area contributed by atoms with Gasteiger partial charge in [0.25, 0.3) is 0 Å². The van der Waals surface area contributed by atoms with Crippen LogP contribution in [0.25, 0.3) is 0 Å². The number of aromatic nitrogens is 3. The lowest BCUT2D eigenvalue weighted by molar-refractivity contribution is -0.164. The molecule has 2 N–H and O–H groups in total. The predicted molar refractivity (Wildman–Crippen MR) is 79.5 cm³/mol. The lowest BCUT2D eigenvalue weighted by atomic mass is 9.85. The van der Waals surface area contributed by atoms with E-state index < -0.39 is 23.6 Å². The molecule has 1 heterocycles. The van der Waals surface area contributed by atoms with Crippen LogP contribution in [0.3, 0.4) is 0 Å². The molecule has 0 radical (unpaired) electrons. The molecule has 1 aromatic heterocycles. The summed E-state index contributed by atoms with van der Waals surface area (Å²) >= 11 is 0. The number of rotatable bonds is 4. The Morgan fingerprint density at radius 3 is 2.35 bits per heavy atom. The first-order chi connectivity index (χ1) is 10.7. The van der Waals surface area contributed by atoms with E-state index in [0.717, 1.165) is 32.6 Å². The van der Waals surface area contributed by atoms with Gasteiger partial charge in [-0.15, -0.1) is 0 Å². The Balaban J connectivity index is 2.19. The highest BCUT2D eigenvalue weighted by Gasteiger charge is 2.39. The maximum absolute atomic E-state index is 12.7. The van der Waals surface area contributed by atoms with Gasteiger partial charge in [0.1, 0.15) is 6.04 Å². The van der Waals surface area contributed by atoms with Crippen molar-refractivity contribution in [3.63, 3.8) is 0 Å². The molecule has 0 aliphatic heterocycles. The molecular formula is C14H21F3N4O2. The first-order valence-corrected chi connectivity index (χ1v) is 7.76. The largest absolute Gasteiger partial charge is 0.409 e. The number of H-pyrrole nitrogens is 1. The van der Waals surface area contributed by atoms with Crippen molar-refractivity contribution in [2.75, 3.05) is 5.32 Å². The van der Waals surface area contributed by atoms with Crippen molar-refractivity contribution in [2.24, 2.45) is 5.92 Å². The fraction of sp³-hybridized carbons (Fsp3) is 0.786. The first-order valence-electron chi connectivity index (χ1n) is 7.76. The Labute approximate surface area is 131 Å². The smallest absolute Gasteiger partial charge is 0.353 e. The third kappa shape index (κ3) is 4.14. The fourth-order valence-electron chi connectivity index (χ4n) is 2.95. The van der Waals surface area contributed by atoms with Gasteiger partial charge in [-0.3, -0.25) is 4.98 Å². The zero-order chi connectivity index (χ0) is 17.2. The Kier molecular flexibility index (Phi) is 5.16. The van der Waals surface area contributed by atoms with Crippen molar-refractivity contribution in [2.45, 2.75) is 64.2 Å². The molecular weight excluding hydrogens is 313 g/mol. The number of anilines is 1. The quantitative estimate of drug-likeness (QED) is 0.886. The lowest BCUT2D eigenvalue weighted by Gasteiger charge is -2.28. The van der Waals surface area contributed by atoms with Gasteiger partial charge in [-0.25, -0.2) is 14.2 Å². The van der Waals surface area contributed by atoms with Gasteiger partial charge in [0, 0.05) is 6.04 Å². The average Bonchev–Trinajstić information content (AvgIpc) is 2.46. The lowest BCUT2D eigenvalue weighted by Crippen LogP contribution is -2.44. The van der Waals surface area contributed by atoms with E-state index in [0.29, 0.717) is 5.92 Å². The minimum atomic E-state index is -4.69. The zero-order valence-corrected chi connectivity index (χ0v) is 13.1. The molecule has 0 amide bonds. The van der Waals surface area contributed by atoms with E-state index in [1.54, 1.807) is 0 Å². The molecule has 23 heavy (non-hydrogen) atoms. The minimum Gasteiger partial charge on any atom is -0.353 e. The van der Waals surface area contributed by atoms with Crippen molar-refractivity contribution in [1.82, 2.24) is 14.5 Å². The van der Waals surface area contributed by atoms with Gasteiger partial charge in [0.2, 0.25) is 5.95 Å². The summed E-state index contributed by atoms with van der Waals surface area (Å²) < 4.78 is 38.2. The van der Waals surface area contributed by atoms with E-state index in [1.807, 2.05) is 6.92 Å². The highest BCUT2D eigenvalue weighted by Crippen LogP contribution is 2.28. The van der Waals surface area contributed by atoms with Gasteiger partial charge in [-0.1, -0.05) is 19.3 Å². The van der Waals surface area contributed by atoms with Crippen LogP contribution in [-0.2, 0) is 0 Å². The van der Waals surface area contributed by atoms with Crippen molar-refractivity contribution in [1.29, 1.82) is 0 Å². The van der Waals surface area contributed by atoms with Gasteiger partial charge in [-0.2, -0.15) is 18.2 Å². The second-order valence-electron chi connectivity index (χ2n) is 6.09. The topological polar surface area (TPSA) is 79.8 Å². The molecule has 0 spiro atoms. The highest BCUT2D eigenvalue weighted by atomic mass is 19.4. The Morgan fingerprint density at radius 1 is 1.22 bits per heavy atom. The molecule has 2 atom stereocenters. The summed E-state index contributed by atoms with van der Waals surface area (Å²) in [5, 5.41) is 2.94. The summed E-state index contributed by atoms with van der Waals surface area (Å²) in [6.07, 6.45) is 0.852. The summed E-state index contributed by atoms with van der Waals surface area (Å²) in [4.78, 5) is 29.4. The van der Waals surface area contributed by atoms with Crippen LogP contribution in [0.1, 0.15) is 52.0 Å². The second kappa shape index (κ2) is 6.76. The first kappa shape index (κ1) is 17.6. The summed E-state index contributed by atoms with van der Waals surface area (Å²) in [6, 6.07) is -2.25. The van der Waals surface area contributed by atoms with Crippen molar-refractivity contribution < 1.29 is 13.2 Å². The molecule has 1 aromatic rings. The average molecular weight is 334 g/mol. The Hall–Kier alpha value is -1.80. The molecule has 0 aromatic carbocycles. The molecule has 1 aliphatic carbocycles. The maximum atomic E-state index is 12.7.